The standard InChI is InChI=1S/C22H30N4O/c1-25(2)15-12-24-22(27)20-8-11-23-21(17-20)26-13-9-19(10-14-26)16-18-6-4-3-5-7-18/h3-8,11,17,19H,9-10,12-16H2,1-2H3,(H,24,27). The summed E-state index contributed by atoms with van der Waals surface area (Å²) >= 11 is 0. The summed E-state index contributed by atoms with van der Waals surface area (Å²) in [7, 11) is 4.00. The van der Waals surface area contributed by atoms with E-state index in [1.165, 1.54) is 5.56 Å². The number of piperidine rings is 1. The molecule has 0 atom stereocenters. The van der Waals surface area contributed by atoms with Gasteiger partial charge in [0, 0.05) is 37.9 Å². The molecule has 0 spiro atoms. The lowest BCUT2D eigenvalue weighted by molar-refractivity contribution is 0.0951. The van der Waals surface area contributed by atoms with E-state index in [2.05, 4.69) is 50.4 Å². The van der Waals surface area contributed by atoms with E-state index in [0.717, 1.165) is 50.6 Å². The summed E-state index contributed by atoms with van der Waals surface area (Å²) < 4.78 is 0. The number of hydrogen-bond acceptors (Lipinski definition) is 4. The summed E-state index contributed by atoms with van der Waals surface area (Å²) in [6, 6.07) is 14.4. The molecular formula is C22H30N4O. The molecule has 1 saturated heterocycles. The number of rotatable bonds is 7. The number of amides is 1. The summed E-state index contributed by atoms with van der Waals surface area (Å²) in [5, 5.41) is 2.97. The van der Waals surface area contributed by atoms with Crippen molar-refractivity contribution in [2.75, 3.05) is 45.2 Å². The van der Waals surface area contributed by atoms with Gasteiger partial charge in [0.1, 0.15) is 5.82 Å². The lowest BCUT2D eigenvalue weighted by Gasteiger charge is -2.33. The Hall–Kier alpha value is -2.40. The van der Waals surface area contributed by atoms with Crippen LogP contribution < -0.4 is 10.2 Å². The van der Waals surface area contributed by atoms with Gasteiger partial charge < -0.3 is 15.1 Å². The molecule has 0 radical (unpaired) electrons. The molecule has 3 rings (SSSR count). The van der Waals surface area contributed by atoms with Crippen LogP contribution in [0.4, 0.5) is 5.82 Å². The van der Waals surface area contributed by atoms with Gasteiger partial charge in [-0.1, -0.05) is 30.3 Å². The molecule has 1 aliphatic rings. The highest BCUT2D eigenvalue weighted by Crippen LogP contribution is 2.25. The van der Waals surface area contributed by atoms with Crippen molar-refractivity contribution < 1.29 is 4.79 Å². The molecule has 1 N–H and O–H groups in total. The van der Waals surface area contributed by atoms with Crippen LogP contribution in [-0.4, -0.2) is 56.1 Å². The number of hydrogen-bond donors (Lipinski definition) is 1. The van der Waals surface area contributed by atoms with E-state index in [4.69, 9.17) is 0 Å². The van der Waals surface area contributed by atoms with Gasteiger partial charge in [0.2, 0.25) is 0 Å². The molecule has 5 heteroatoms. The van der Waals surface area contributed by atoms with E-state index in [-0.39, 0.29) is 5.91 Å². The lowest BCUT2D eigenvalue weighted by Crippen LogP contribution is -2.35. The second kappa shape index (κ2) is 9.51. The topological polar surface area (TPSA) is 48.5 Å². The molecular weight excluding hydrogens is 336 g/mol. The van der Waals surface area contributed by atoms with E-state index >= 15 is 0 Å². The molecule has 2 aromatic rings. The Labute approximate surface area is 162 Å². The smallest absolute Gasteiger partial charge is 0.251 e. The molecule has 0 aliphatic carbocycles. The first-order valence-corrected chi connectivity index (χ1v) is 9.79. The minimum absolute atomic E-state index is 0.0283. The van der Waals surface area contributed by atoms with Gasteiger partial charge in [-0.25, -0.2) is 4.98 Å². The fourth-order valence-electron chi connectivity index (χ4n) is 3.54. The highest BCUT2D eigenvalue weighted by atomic mass is 16.1. The zero-order chi connectivity index (χ0) is 19.1. The van der Waals surface area contributed by atoms with E-state index in [0.29, 0.717) is 12.1 Å². The molecule has 5 nitrogen and oxygen atoms in total. The van der Waals surface area contributed by atoms with Crippen molar-refractivity contribution in [1.29, 1.82) is 0 Å². The third-order valence-corrected chi connectivity index (χ3v) is 5.16. The molecule has 0 unspecified atom stereocenters. The number of anilines is 1. The number of carbonyl (C=O) groups is 1. The number of likely N-dealkylation sites (N-methyl/N-ethyl adjacent to an activating group) is 1. The average Bonchev–Trinajstić information content (AvgIpc) is 2.69. The molecule has 0 saturated carbocycles. The van der Waals surface area contributed by atoms with Crippen molar-refractivity contribution in [3.05, 3.63) is 59.8 Å². The fourth-order valence-corrected chi connectivity index (χ4v) is 3.54. The summed E-state index contributed by atoms with van der Waals surface area (Å²) in [4.78, 5) is 21.2. The first-order valence-electron chi connectivity index (χ1n) is 9.79. The summed E-state index contributed by atoms with van der Waals surface area (Å²) in [6.07, 6.45) is 5.22. The Bertz CT molecular complexity index is 724. The maximum atomic E-state index is 12.3. The van der Waals surface area contributed by atoms with Gasteiger partial charge in [-0.15, -0.1) is 0 Å². The van der Waals surface area contributed by atoms with Crippen LogP contribution in [0.5, 0.6) is 0 Å². The molecule has 1 fully saturated rings. The maximum Gasteiger partial charge on any atom is 0.251 e. The Balaban J connectivity index is 1.53. The number of pyridine rings is 1. The highest BCUT2D eigenvalue weighted by Gasteiger charge is 2.21. The molecule has 1 aromatic heterocycles. The molecule has 1 amide bonds. The van der Waals surface area contributed by atoms with Crippen LogP contribution in [0.2, 0.25) is 0 Å². The third kappa shape index (κ3) is 5.79. The lowest BCUT2D eigenvalue weighted by atomic mass is 9.90. The third-order valence-electron chi connectivity index (χ3n) is 5.16. The minimum atomic E-state index is -0.0283. The predicted molar refractivity (Wildman–Crippen MR) is 110 cm³/mol. The normalized spacial score (nSPS) is 15.1. The zero-order valence-corrected chi connectivity index (χ0v) is 16.4. The molecule has 2 heterocycles. The first kappa shape index (κ1) is 19.4. The van der Waals surface area contributed by atoms with Crippen LogP contribution in [0, 0.1) is 5.92 Å². The van der Waals surface area contributed by atoms with Crippen LogP contribution >= 0.6 is 0 Å². The van der Waals surface area contributed by atoms with Gasteiger partial charge in [0.05, 0.1) is 0 Å². The Kier molecular flexibility index (Phi) is 6.82. The van der Waals surface area contributed by atoms with E-state index in [9.17, 15) is 4.79 Å². The first-order chi connectivity index (χ1) is 13.1. The van der Waals surface area contributed by atoms with Gasteiger partial charge in [0.25, 0.3) is 5.91 Å². The van der Waals surface area contributed by atoms with E-state index in [1.807, 2.05) is 20.2 Å². The molecule has 1 aliphatic heterocycles. The number of nitrogens with zero attached hydrogens (tertiary/aromatic N) is 3. The molecule has 1 aromatic carbocycles. The summed E-state index contributed by atoms with van der Waals surface area (Å²) in [5.74, 6) is 1.61. The van der Waals surface area contributed by atoms with Crippen LogP contribution in [0.3, 0.4) is 0 Å². The van der Waals surface area contributed by atoms with Crippen molar-refractivity contribution in [1.82, 2.24) is 15.2 Å². The van der Waals surface area contributed by atoms with Crippen molar-refractivity contribution in [3.63, 3.8) is 0 Å². The van der Waals surface area contributed by atoms with Gasteiger partial charge in [0.15, 0.2) is 0 Å². The number of aromatic nitrogens is 1. The van der Waals surface area contributed by atoms with Crippen LogP contribution in [0.25, 0.3) is 0 Å². The van der Waals surface area contributed by atoms with Crippen LogP contribution in [-0.2, 0) is 6.42 Å². The number of benzene rings is 1. The van der Waals surface area contributed by atoms with Gasteiger partial charge in [-0.3, -0.25) is 4.79 Å². The fraction of sp³-hybridized carbons (Fsp3) is 0.455. The average molecular weight is 367 g/mol. The molecule has 144 valence electrons. The number of carbonyl (C=O) groups excluding carboxylic acids is 1. The van der Waals surface area contributed by atoms with Gasteiger partial charge >= 0.3 is 0 Å². The number of nitrogens with one attached hydrogen (secondary N) is 1. The van der Waals surface area contributed by atoms with Crippen molar-refractivity contribution >= 4 is 11.7 Å². The summed E-state index contributed by atoms with van der Waals surface area (Å²) in [5.41, 5.74) is 2.11. The van der Waals surface area contributed by atoms with Crippen LogP contribution in [0.1, 0.15) is 28.8 Å². The van der Waals surface area contributed by atoms with Gasteiger partial charge in [-0.2, -0.15) is 0 Å². The maximum absolute atomic E-state index is 12.3. The molecule has 27 heavy (non-hydrogen) atoms. The Morgan fingerprint density at radius 3 is 2.63 bits per heavy atom. The second-order valence-electron chi connectivity index (χ2n) is 7.58. The highest BCUT2D eigenvalue weighted by molar-refractivity contribution is 5.94. The second-order valence-corrected chi connectivity index (χ2v) is 7.58. The Morgan fingerprint density at radius 2 is 1.93 bits per heavy atom. The summed E-state index contributed by atoms with van der Waals surface area (Å²) in [6.45, 7) is 3.47. The zero-order valence-electron chi connectivity index (χ0n) is 16.4. The van der Waals surface area contributed by atoms with Crippen molar-refractivity contribution in [2.45, 2.75) is 19.3 Å². The predicted octanol–water partition coefficient (Wildman–Crippen LogP) is 2.83. The van der Waals surface area contributed by atoms with Crippen molar-refractivity contribution in [3.8, 4) is 0 Å². The minimum Gasteiger partial charge on any atom is -0.357 e. The largest absolute Gasteiger partial charge is 0.357 e. The monoisotopic (exact) mass is 366 g/mol. The van der Waals surface area contributed by atoms with Crippen LogP contribution in [0.15, 0.2) is 48.7 Å². The van der Waals surface area contributed by atoms with Crippen molar-refractivity contribution in [2.24, 2.45) is 5.92 Å². The quantitative estimate of drug-likeness (QED) is 0.819. The molecule has 0 bridgehead atoms. The SMILES string of the molecule is CN(C)CCNC(=O)c1ccnc(N2CCC(Cc3ccccc3)CC2)c1. The van der Waals surface area contributed by atoms with Gasteiger partial charge in [-0.05, 0) is 57.0 Å². The van der Waals surface area contributed by atoms with E-state index < -0.39 is 0 Å². The van der Waals surface area contributed by atoms with E-state index in [1.54, 1.807) is 12.3 Å². The Morgan fingerprint density at radius 1 is 1.19 bits per heavy atom.